The molecule has 5 heteroatoms. The van der Waals surface area contributed by atoms with E-state index in [1.165, 1.54) is 0 Å². The Kier molecular flexibility index (Phi) is 6.25. The van der Waals surface area contributed by atoms with Crippen LogP contribution in [0.1, 0.15) is 50.8 Å². The van der Waals surface area contributed by atoms with Crippen LogP contribution in [0.25, 0.3) is 0 Å². The smallest absolute Gasteiger partial charge is 0.338 e. The van der Waals surface area contributed by atoms with Gasteiger partial charge in [0, 0.05) is 16.8 Å². The number of carbonyl (C=O) groups excluding carboxylic acids is 3. The maximum atomic E-state index is 12.1. The van der Waals surface area contributed by atoms with Gasteiger partial charge in [-0.2, -0.15) is 0 Å². The van der Waals surface area contributed by atoms with Crippen molar-refractivity contribution in [2.24, 2.45) is 0 Å². The molecule has 0 aromatic heterocycles. The molecule has 1 amide bonds. The van der Waals surface area contributed by atoms with Gasteiger partial charge in [-0.05, 0) is 42.8 Å². The summed E-state index contributed by atoms with van der Waals surface area (Å²) in [5, 5.41) is 2.73. The van der Waals surface area contributed by atoms with Crippen molar-refractivity contribution in [3.63, 3.8) is 0 Å². The minimum absolute atomic E-state index is 0.286. The van der Waals surface area contributed by atoms with E-state index in [4.69, 9.17) is 4.74 Å². The second-order valence-corrected chi connectivity index (χ2v) is 5.26. The number of hydrogen-bond donors (Lipinski definition) is 1. The van der Waals surface area contributed by atoms with Crippen LogP contribution in [0.3, 0.4) is 0 Å². The van der Waals surface area contributed by atoms with E-state index >= 15 is 0 Å². The number of carbonyl (C=O) groups is 3. The second-order valence-electron chi connectivity index (χ2n) is 5.26. The van der Waals surface area contributed by atoms with Crippen LogP contribution < -0.4 is 5.32 Å². The maximum absolute atomic E-state index is 12.1. The van der Waals surface area contributed by atoms with Gasteiger partial charge in [-0.25, -0.2) is 4.79 Å². The van der Waals surface area contributed by atoms with Gasteiger partial charge in [-0.3, -0.25) is 9.59 Å². The fraction of sp³-hybridized carbons (Fsp3) is 0.211. The summed E-state index contributed by atoms with van der Waals surface area (Å²) in [7, 11) is 0. The highest BCUT2D eigenvalue weighted by Gasteiger charge is 2.09. The molecule has 0 heterocycles. The molecule has 0 aliphatic rings. The molecule has 0 spiro atoms. The van der Waals surface area contributed by atoms with Gasteiger partial charge < -0.3 is 10.1 Å². The van der Waals surface area contributed by atoms with Crippen LogP contribution in [-0.4, -0.2) is 24.8 Å². The van der Waals surface area contributed by atoms with E-state index < -0.39 is 0 Å². The molecule has 0 bridgehead atoms. The van der Waals surface area contributed by atoms with E-state index in [9.17, 15) is 14.4 Å². The zero-order valence-corrected chi connectivity index (χ0v) is 13.5. The molecule has 0 fully saturated rings. The van der Waals surface area contributed by atoms with Crippen LogP contribution in [-0.2, 0) is 4.74 Å². The molecule has 2 aromatic carbocycles. The zero-order valence-electron chi connectivity index (χ0n) is 13.5. The lowest BCUT2D eigenvalue weighted by atomic mass is 10.1. The van der Waals surface area contributed by atoms with Crippen molar-refractivity contribution in [1.82, 2.24) is 0 Å². The largest absolute Gasteiger partial charge is 0.462 e. The summed E-state index contributed by atoms with van der Waals surface area (Å²) in [5.41, 5.74) is 1.98. The third kappa shape index (κ3) is 4.78. The summed E-state index contributed by atoms with van der Waals surface area (Å²) >= 11 is 0. The molecular formula is C19H19NO4. The molecular weight excluding hydrogens is 306 g/mol. The van der Waals surface area contributed by atoms with Crippen molar-refractivity contribution in [3.05, 3.63) is 65.2 Å². The van der Waals surface area contributed by atoms with Crippen LogP contribution >= 0.6 is 0 Å². The van der Waals surface area contributed by atoms with Crippen LogP contribution in [0, 0.1) is 0 Å². The minimum Gasteiger partial charge on any atom is -0.462 e. The zero-order chi connectivity index (χ0) is 17.4. The van der Waals surface area contributed by atoms with E-state index in [1.54, 1.807) is 48.5 Å². The predicted octanol–water partition coefficient (Wildman–Crippen LogP) is 3.71. The van der Waals surface area contributed by atoms with Gasteiger partial charge in [0.15, 0.2) is 0 Å². The number of esters is 1. The van der Waals surface area contributed by atoms with Crippen molar-refractivity contribution in [1.29, 1.82) is 0 Å². The lowest BCUT2D eigenvalue weighted by molar-refractivity contribution is 0.0499. The summed E-state index contributed by atoms with van der Waals surface area (Å²) in [6, 6.07) is 12.8. The lowest BCUT2D eigenvalue weighted by Crippen LogP contribution is -2.12. The highest BCUT2D eigenvalue weighted by molar-refractivity contribution is 6.04. The SMILES string of the molecule is CCCCOC(=O)c1ccc(NC(=O)c2ccc(C=O)cc2)cc1. The Balaban J connectivity index is 1.96. The summed E-state index contributed by atoms with van der Waals surface area (Å²) in [6.45, 7) is 2.43. The van der Waals surface area contributed by atoms with E-state index in [0.29, 0.717) is 29.0 Å². The number of aldehydes is 1. The minimum atomic E-state index is -0.370. The van der Waals surface area contributed by atoms with Crippen molar-refractivity contribution < 1.29 is 19.1 Å². The molecule has 2 aromatic rings. The van der Waals surface area contributed by atoms with Gasteiger partial charge in [-0.15, -0.1) is 0 Å². The topological polar surface area (TPSA) is 72.5 Å². The van der Waals surface area contributed by atoms with Gasteiger partial charge >= 0.3 is 5.97 Å². The molecule has 0 unspecified atom stereocenters. The predicted molar refractivity (Wildman–Crippen MR) is 91.4 cm³/mol. The molecule has 2 rings (SSSR count). The molecule has 24 heavy (non-hydrogen) atoms. The number of unbranched alkanes of at least 4 members (excludes halogenated alkanes) is 1. The molecule has 0 aliphatic heterocycles. The van der Waals surface area contributed by atoms with E-state index in [-0.39, 0.29) is 11.9 Å². The van der Waals surface area contributed by atoms with Crippen molar-refractivity contribution >= 4 is 23.9 Å². The number of benzene rings is 2. The Morgan fingerprint density at radius 1 is 1.00 bits per heavy atom. The summed E-state index contributed by atoms with van der Waals surface area (Å²) in [4.78, 5) is 34.5. The highest BCUT2D eigenvalue weighted by Crippen LogP contribution is 2.13. The van der Waals surface area contributed by atoms with Gasteiger partial charge in [-0.1, -0.05) is 25.5 Å². The number of anilines is 1. The monoisotopic (exact) mass is 325 g/mol. The Labute approximate surface area is 140 Å². The van der Waals surface area contributed by atoms with Crippen molar-refractivity contribution in [2.75, 3.05) is 11.9 Å². The standard InChI is InChI=1S/C19H19NO4/c1-2-3-12-24-19(23)16-8-10-17(11-9-16)20-18(22)15-6-4-14(13-21)5-7-15/h4-11,13H,2-3,12H2,1H3,(H,20,22). The Hall–Kier alpha value is -2.95. The van der Waals surface area contributed by atoms with E-state index in [1.807, 2.05) is 6.92 Å². The van der Waals surface area contributed by atoms with Crippen LogP contribution in [0.2, 0.25) is 0 Å². The quantitative estimate of drug-likeness (QED) is 0.478. The summed E-state index contributed by atoms with van der Waals surface area (Å²) in [6.07, 6.45) is 2.52. The first-order valence-corrected chi connectivity index (χ1v) is 7.78. The molecule has 0 saturated heterocycles. The summed E-state index contributed by atoms with van der Waals surface area (Å²) < 4.78 is 5.13. The van der Waals surface area contributed by atoms with Gasteiger partial charge in [0.1, 0.15) is 6.29 Å². The second kappa shape index (κ2) is 8.62. The van der Waals surface area contributed by atoms with Gasteiger partial charge in [0.25, 0.3) is 5.91 Å². The van der Waals surface area contributed by atoms with Gasteiger partial charge in [0.05, 0.1) is 12.2 Å². The number of hydrogen-bond acceptors (Lipinski definition) is 4. The molecule has 1 N–H and O–H groups in total. The Bertz CT molecular complexity index is 705. The van der Waals surface area contributed by atoms with Crippen molar-refractivity contribution in [2.45, 2.75) is 19.8 Å². The summed E-state index contributed by atoms with van der Waals surface area (Å²) in [5.74, 6) is -0.656. The highest BCUT2D eigenvalue weighted by atomic mass is 16.5. The van der Waals surface area contributed by atoms with Gasteiger partial charge in [0.2, 0.25) is 0 Å². The molecule has 0 saturated carbocycles. The van der Waals surface area contributed by atoms with E-state index in [0.717, 1.165) is 19.1 Å². The fourth-order valence-electron chi connectivity index (χ4n) is 2.00. The first-order chi connectivity index (χ1) is 11.6. The molecule has 124 valence electrons. The Morgan fingerprint density at radius 3 is 2.21 bits per heavy atom. The maximum Gasteiger partial charge on any atom is 0.338 e. The third-order valence-electron chi connectivity index (χ3n) is 3.42. The number of nitrogens with one attached hydrogen (secondary N) is 1. The number of rotatable bonds is 7. The lowest BCUT2D eigenvalue weighted by Gasteiger charge is -2.07. The molecule has 5 nitrogen and oxygen atoms in total. The fourth-order valence-corrected chi connectivity index (χ4v) is 2.00. The average Bonchev–Trinajstić information content (AvgIpc) is 2.62. The van der Waals surface area contributed by atoms with E-state index in [2.05, 4.69) is 5.32 Å². The van der Waals surface area contributed by atoms with Crippen molar-refractivity contribution in [3.8, 4) is 0 Å². The van der Waals surface area contributed by atoms with Crippen LogP contribution in [0.5, 0.6) is 0 Å². The van der Waals surface area contributed by atoms with Crippen LogP contribution in [0.4, 0.5) is 5.69 Å². The van der Waals surface area contributed by atoms with Crippen LogP contribution in [0.15, 0.2) is 48.5 Å². The molecule has 0 aliphatic carbocycles. The third-order valence-corrected chi connectivity index (χ3v) is 3.42. The normalized spacial score (nSPS) is 10.0. The first-order valence-electron chi connectivity index (χ1n) is 7.78. The number of ether oxygens (including phenoxy) is 1. The number of amides is 1. The Morgan fingerprint density at radius 2 is 1.62 bits per heavy atom. The first kappa shape index (κ1) is 17.4. The molecule has 0 atom stereocenters. The molecule has 0 radical (unpaired) electrons. The average molecular weight is 325 g/mol.